The lowest BCUT2D eigenvalue weighted by Gasteiger charge is -2.16. The Kier molecular flexibility index (Phi) is 9.54. The van der Waals surface area contributed by atoms with E-state index in [1.54, 1.807) is 11.3 Å². The van der Waals surface area contributed by atoms with Gasteiger partial charge in [0, 0.05) is 36.1 Å². The predicted molar refractivity (Wildman–Crippen MR) is 112 cm³/mol. The number of amides is 1. The molecule has 0 spiro atoms. The van der Waals surface area contributed by atoms with E-state index in [2.05, 4.69) is 33.7 Å². The maximum absolute atomic E-state index is 12.3. The van der Waals surface area contributed by atoms with Gasteiger partial charge >= 0.3 is 0 Å². The zero-order valence-electron chi connectivity index (χ0n) is 14.8. The van der Waals surface area contributed by atoms with Crippen LogP contribution in [-0.4, -0.2) is 28.9 Å². The summed E-state index contributed by atoms with van der Waals surface area (Å²) in [6, 6.07) is 8.23. The number of carbonyl (C=O) groups excluding carboxylic acids is 1. The summed E-state index contributed by atoms with van der Waals surface area (Å²) in [6.45, 7) is 1.63. The van der Waals surface area contributed by atoms with Crippen molar-refractivity contribution in [3.05, 3.63) is 46.4 Å². The first-order chi connectivity index (χ1) is 11.6. The second-order valence-electron chi connectivity index (χ2n) is 6.61. The van der Waals surface area contributed by atoms with Gasteiger partial charge in [-0.15, -0.1) is 36.2 Å². The zero-order chi connectivity index (χ0) is 16.9. The van der Waals surface area contributed by atoms with Crippen LogP contribution in [0, 0.1) is 5.92 Å². The number of hydrogen-bond acceptors (Lipinski definition) is 5. The van der Waals surface area contributed by atoms with E-state index >= 15 is 0 Å². The van der Waals surface area contributed by atoms with Crippen LogP contribution in [-0.2, 0) is 17.9 Å². The van der Waals surface area contributed by atoms with Crippen LogP contribution in [0.1, 0.15) is 30.5 Å². The highest BCUT2D eigenvalue weighted by Gasteiger charge is 2.27. The van der Waals surface area contributed by atoms with Crippen molar-refractivity contribution in [1.82, 2.24) is 9.88 Å². The Bertz CT molecular complexity index is 684. The van der Waals surface area contributed by atoms with Gasteiger partial charge in [0.1, 0.15) is 0 Å². The van der Waals surface area contributed by atoms with Gasteiger partial charge in [0.2, 0.25) is 5.91 Å². The minimum atomic E-state index is 0. The molecule has 2 aromatic rings. The highest BCUT2D eigenvalue weighted by atomic mass is 35.5. The molecule has 144 valence electrons. The summed E-state index contributed by atoms with van der Waals surface area (Å²) in [7, 11) is 2.07. The lowest BCUT2D eigenvalue weighted by molar-refractivity contribution is -0.119. The lowest BCUT2D eigenvalue weighted by Crippen LogP contribution is -2.23. The quantitative estimate of drug-likeness (QED) is 0.752. The minimum Gasteiger partial charge on any atom is -0.328 e. The summed E-state index contributed by atoms with van der Waals surface area (Å²) in [6.07, 6.45) is 2.63. The number of aromatic nitrogens is 1. The van der Waals surface area contributed by atoms with Gasteiger partial charge in [-0.2, -0.15) is 0 Å². The third-order valence-electron chi connectivity index (χ3n) is 4.41. The van der Waals surface area contributed by atoms with Crippen molar-refractivity contribution in [1.29, 1.82) is 0 Å². The third kappa shape index (κ3) is 6.52. The average Bonchev–Trinajstić information content (AvgIpc) is 3.19. The molecule has 0 saturated heterocycles. The molecular weight excluding hydrogens is 391 g/mol. The predicted octanol–water partition coefficient (Wildman–Crippen LogP) is 3.68. The number of hydrogen-bond donors (Lipinski definition) is 2. The normalized spacial score (nSPS) is 18.9. The topological polar surface area (TPSA) is 71.2 Å². The smallest absolute Gasteiger partial charge is 0.227 e. The molecule has 0 aliphatic heterocycles. The molecule has 1 aliphatic rings. The van der Waals surface area contributed by atoms with Gasteiger partial charge in [-0.25, -0.2) is 4.98 Å². The van der Waals surface area contributed by atoms with E-state index in [9.17, 15) is 4.79 Å². The molecule has 1 aromatic heterocycles. The number of rotatable bonds is 6. The molecular formula is C18H26Cl2N4OS. The van der Waals surface area contributed by atoms with E-state index in [0.29, 0.717) is 0 Å². The van der Waals surface area contributed by atoms with E-state index < -0.39 is 0 Å². The third-order valence-corrected chi connectivity index (χ3v) is 5.04. The van der Waals surface area contributed by atoms with Gasteiger partial charge in [0.05, 0.1) is 11.2 Å². The Balaban J connectivity index is 0.00000169. The van der Waals surface area contributed by atoms with Gasteiger partial charge in [-0.3, -0.25) is 9.69 Å². The van der Waals surface area contributed by atoms with Gasteiger partial charge in [-0.05, 0) is 44.0 Å². The molecule has 1 fully saturated rings. The monoisotopic (exact) mass is 416 g/mol. The Morgan fingerprint density at radius 3 is 2.81 bits per heavy atom. The van der Waals surface area contributed by atoms with Crippen molar-refractivity contribution in [3.63, 3.8) is 0 Å². The van der Waals surface area contributed by atoms with Crippen molar-refractivity contribution in [2.24, 2.45) is 11.7 Å². The van der Waals surface area contributed by atoms with Crippen LogP contribution in [0.3, 0.4) is 0 Å². The van der Waals surface area contributed by atoms with Gasteiger partial charge < -0.3 is 11.1 Å². The molecule has 1 saturated carbocycles. The maximum atomic E-state index is 12.3. The number of nitrogens with zero attached hydrogens (tertiary/aromatic N) is 2. The lowest BCUT2D eigenvalue weighted by atomic mass is 10.1. The van der Waals surface area contributed by atoms with Gasteiger partial charge in [0.25, 0.3) is 0 Å². The number of benzene rings is 1. The molecule has 26 heavy (non-hydrogen) atoms. The van der Waals surface area contributed by atoms with Crippen LogP contribution in [0.2, 0.25) is 0 Å². The summed E-state index contributed by atoms with van der Waals surface area (Å²) in [5, 5.41) is 5.11. The molecule has 1 aromatic carbocycles. The highest BCUT2D eigenvalue weighted by Crippen LogP contribution is 2.25. The molecule has 5 nitrogen and oxygen atoms in total. The van der Waals surface area contributed by atoms with E-state index in [1.807, 2.05) is 23.7 Å². The second kappa shape index (κ2) is 10.8. The van der Waals surface area contributed by atoms with E-state index in [-0.39, 0.29) is 42.7 Å². The van der Waals surface area contributed by atoms with Crippen molar-refractivity contribution in [3.8, 4) is 0 Å². The van der Waals surface area contributed by atoms with E-state index in [0.717, 1.165) is 43.7 Å². The standard InChI is InChI=1S/C18H24N4OS.2ClH/c1-22(10-17-11-24-12-20-17)9-13-3-2-4-16(7-13)21-18(23)14-5-6-15(19)8-14;;/h2-4,7,11-12,14-15H,5-6,8-10,19H2,1H3,(H,21,23);2*1H. The van der Waals surface area contributed by atoms with Crippen LogP contribution in [0.4, 0.5) is 5.69 Å². The zero-order valence-corrected chi connectivity index (χ0v) is 17.2. The summed E-state index contributed by atoms with van der Waals surface area (Å²) >= 11 is 1.62. The fourth-order valence-corrected chi connectivity index (χ4v) is 3.76. The van der Waals surface area contributed by atoms with Crippen molar-refractivity contribution >= 4 is 47.7 Å². The minimum absolute atomic E-state index is 0. The molecule has 1 aliphatic carbocycles. The van der Waals surface area contributed by atoms with E-state index in [1.165, 1.54) is 5.56 Å². The molecule has 0 bridgehead atoms. The van der Waals surface area contributed by atoms with Crippen LogP contribution >= 0.6 is 36.2 Å². The molecule has 2 unspecified atom stereocenters. The number of nitrogens with two attached hydrogens (primary N) is 1. The molecule has 2 atom stereocenters. The Morgan fingerprint density at radius 1 is 1.35 bits per heavy atom. The van der Waals surface area contributed by atoms with E-state index in [4.69, 9.17) is 5.73 Å². The Morgan fingerprint density at radius 2 is 2.15 bits per heavy atom. The maximum Gasteiger partial charge on any atom is 0.227 e. The van der Waals surface area contributed by atoms with Crippen LogP contribution < -0.4 is 11.1 Å². The molecule has 3 rings (SSSR count). The number of carbonyl (C=O) groups is 1. The van der Waals surface area contributed by atoms with Crippen LogP contribution in [0.5, 0.6) is 0 Å². The van der Waals surface area contributed by atoms with Gasteiger partial charge in [-0.1, -0.05) is 12.1 Å². The highest BCUT2D eigenvalue weighted by molar-refractivity contribution is 7.07. The fourth-order valence-electron chi connectivity index (χ4n) is 3.21. The summed E-state index contributed by atoms with van der Waals surface area (Å²) in [5.74, 6) is 0.145. The van der Waals surface area contributed by atoms with Crippen LogP contribution in [0.25, 0.3) is 0 Å². The molecule has 3 N–H and O–H groups in total. The second-order valence-corrected chi connectivity index (χ2v) is 7.33. The number of nitrogens with one attached hydrogen (secondary N) is 1. The van der Waals surface area contributed by atoms with Crippen molar-refractivity contribution < 1.29 is 4.79 Å². The molecule has 1 heterocycles. The van der Waals surface area contributed by atoms with Crippen molar-refractivity contribution in [2.45, 2.75) is 38.4 Å². The average molecular weight is 417 g/mol. The first-order valence-corrected chi connectivity index (χ1v) is 9.25. The van der Waals surface area contributed by atoms with Crippen molar-refractivity contribution in [2.75, 3.05) is 12.4 Å². The molecule has 0 radical (unpaired) electrons. The number of thiazole rings is 1. The Labute approximate surface area is 171 Å². The Hall–Kier alpha value is -1.18. The van der Waals surface area contributed by atoms with Gasteiger partial charge in [0.15, 0.2) is 0 Å². The summed E-state index contributed by atoms with van der Waals surface area (Å²) < 4.78 is 0. The SMILES string of the molecule is CN(Cc1cccc(NC(=O)C2CCC(N)C2)c1)Cc1cscn1.Cl.Cl. The molecule has 1 amide bonds. The number of anilines is 1. The first kappa shape index (κ1) is 22.9. The van der Waals surface area contributed by atoms with Crippen LogP contribution in [0.15, 0.2) is 35.2 Å². The molecule has 8 heteroatoms. The summed E-state index contributed by atoms with van der Waals surface area (Å²) in [5.41, 5.74) is 10.9. The number of halogens is 2. The summed E-state index contributed by atoms with van der Waals surface area (Å²) in [4.78, 5) is 18.9. The fraction of sp³-hybridized carbons (Fsp3) is 0.444. The largest absolute Gasteiger partial charge is 0.328 e. The first-order valence-electron chi connectivity index (χ1n) is 8.31.